The molecule has 0 bridgehead atoms. The van der Waals surface area contributed by atoms with E-state index in [-0.39, 0.29) is 19.5 Å². The molecule has 0 rings (SSSR count). The van der Waals surface area contributed by atoms with Crippen molar-refractivity contribution in [1.82, 2.24) is 0 Å². The van der Waals surface area contributed by atoms with Crippen LogP contribution in [-0.4, -0.2) is 12.3 Å². The van der Waals surface area contributed by atoms with Gasteiger partial charge in [0.2, 0.25) is 0 Å². The molecule has 0 N–H and O–H groups in total. The van der Waals surface area contributed by atoms with Crippen molar-refractivity contribution in [2.45, 2.75) is 26.7 Å². The smallest absolute Gasteiger partial charge is 0.596 e. The van der Waals surface area contributed by atoms with Gasteiger partial charge in [0, 0.05) is 0 Å². The van der Waals surface area contributed by atoms with Gasteiger partial charge in [-0.2, -0.15) is 0 Å². The maximum atomic E-state index is 9.64. The quantitative estimate of drug-likeness (QED) is 0.567. The summed E-state index contributed by atoms with van der Waals surface area (Å²) in [5.74, 6) is 0. The molecule has 0 aliphatic heterocycles. The average molecular weight is 278 g/mol. The summed E-state index contributed by atoms with van der Waals surface area (Å²) < 4.78 is 19.3. The number of hydrogen-bond acceptors (Lipinski definition) is 4. The zero-order chi connectivity index (χ0) is 9.98. The van der Waals surface area contributed by atoms with E-state index >= 15 is 0 Å². The molecule has 0 aliphatic carbocycles. The molecular formula is C6H14O4P2Zn+2. The molecule has 7 heteroatoms. The molecule has 72 valence electrons. The van der Waals surface area contributed by atoms with Crippen LogP contribution in [-0.2, 0) is 28.6 Å². The minimum Gasteiger partial charge on any atom is -0.596 e. The number of rotatable bonds is 4. The van der Waals surface area contributed by atoms with Crippen molar-refractivity contribution in [1.29, 1.82) is 0 Å². The summed E-state index contributed by atoms with van der Waals surface area (Å²) in [6.07, 6.45) is 2.13. The van der Waals surface area contributed by atoms with Crippen molar-refractivity contribution >= 4 is 16.1 Å². The molecule has 0 saturated heterocycles. The molecule has 0 radical (unpaired) electrons. The molecule has 0 saturated carbocycles. The van der Waals surface area contributed by atoms with Crippen LogP contribution in [0.4, 0.5) is 0 Å². The van der Waals surface area contributed by atoms with E-state index in [0.29, 0.717) is 12.3 Å². The van der Waals surface area contributed by atoms with Crippen LogP contribution in [0.3, 0.4) is 0 Å². The van der Waals surface area contributed by atoms with E-state index in [4.69, 9.17) is 0 Å². The van der Waals surface area contributed by atoms with E-state index in [0.717, 1.165) is 12.8 Å². The van der Waals surface area contributed by atoms with Gasteiger partial charge in [0.05, 0.1) is 0 Å². The van der Waals surface area contributed by atoms with E-state index < -0.39 is 16.1 Å². The third-order valence-electron chi connectivity index (χ3n) is 0.812. The van der Waals surface area contributed by atoms with Gasteiger partial charge in [-0.3, -0.25) is 0 Å². The van der Waals surface area contributed by atoms with Crippen molar-refractivity contribution in [3.63, 3.8) is 0 Å². The Morgan fingerprint density at radius 3 is 1.15 bits per heavy atom. The third-order valence-corrected chi connectivity index (χ3v) is 2.44. The second-order valence-corrected chi connectivity index (χ2v) is 4.34. The molecule has 0 spiro atoms. The second-order valence-electron chi connectivity index (χ2n) is 2.11. The molecule has 0 aromatic carbocycles. The van der Waals surface area contributed by atoms with E-state index in [2.05, 4.69) is 0 Å². The summed E-state index contributed by atoms with van der Waals surface area (Å²) in [6.45, 7) is 3.68. The first-order chi connectivity index (χ1) is 5.54. The van der Waals surface area contributed by atoms with Gasteiger partial charge >= 0.3 is 35.5 Å². The summed E-state index contributed by atoms with van der Waals surface area (Å²) in [5, 5.41) is 0. The molecule has 2 unspecified atom stereocenters. The van der Waals surface area contributed by atoms with Gasteiger partial charge < -0.3 is 9.79 Å². The number of hydrogen-bond donors (Lipinski definition) is 0. The fourth-order valence-corrected chi connectivity index (χ4v) is 1.10. The Morgan fingerprint density at radius 1 is 0.923 bits per heavy atom. The van der Waals surface area contributed by atoms with Crippen LogP contribution in [0.25, 0.3) is 0 Å². The maximum absolute atomic E-state index is 9.64. The van der Waals surface area contributed by atoms with Gasteiger partial charge in [-0.1, -0.05) is 23.0 Å². The fraction of sp³-hybridized carbons (Fsp3) is 1.00. The largest absolute Gasteiger partial charge is 2.00 e. The van der Waals surface area contributed by atoms with E-state index in [1.807, 2.05) is 13.8 Å². The van der Waals surface area contributed by atoms with Gasteiger partial charge in [-0.05, 0) is 12.8 Å². The molecular weight excluding hydrogens is 263 g/mol. The third kappa shape index (κ3) is 32.3. The summed E-state index contributed by atoms with van der Waals surface area (Å²) in [7, 11) is -4.20. The Kier molecular flexibility index (Phi) is 22.6. The van der Waals surface area contributed by atoms with Gasteiger partial charge in [-0.25, -0.2) is 0 Å². The Bertz CT molecular complexity index is 127. The predicted octanol–water partition coefficient (Wildman–Crippen LogP) is 0.996. The molecule has 0 aromatic heterocycles. The van der Waals surface area contributed by atoms with Crippen molar-refractivity contribution < 1.29 is 38.4 Å². The second kappa shape index (κ2) is 15.2. The first-order valence-corrected chi connectivity index (χ1v) is 6.50. The summed E-state index contributed by atoms with van der Waals surface area (Å²) in [4.78, 5) is 19.3. The van der Waals surface area contributed by atoms with Crippen LogP contribution in [0.2, 0.25) is 0 Å². The first-order valence-electron chi connectivity index (χ1n) is 3.78. The summed E-state index contributed by atoms with van der Waals surface area (Å²) in [5.41, 5.74) is 0. The minimum absolute atomic E-state index is 0. The first kappa shape index (κ1) is 19.3. The Morgan fingerprint density at radius 2 is 1.15 bits per heavy atom. The van der Waals surface area contributed by atoms with Gasteiger partial charge in [0.1, 0.15) is 12.3 Å². The van der Waals surface area contributed by atoms with Gasteiger partial charge in [0.25, 0.3) is 0 Å². The van der Waals surface area contributed by atoms with Crippen molar-refractivity contribution in [2.75, 3.05) is 12.3 Å². The molecule has 0 fully saturated rings. The monoisotopic (exact) mass is 276 g/mol. The van der Waals surface area contributed by atoms with Gasteiger partial charge in [0.15, 0.2) is 0 Å². The van der Waals surface area contributed by atoms with Crippen molar-refractivity contribution in [3.05, 3.63) is 0 Å². The van der Waals surface area contributed by atoms with E-state index in [1.54, 1.807) is 0 Å². The van der Waals surface area contributed by atoms with Crippen LogP contribution in [0.15, 0.2) is 0 Å². The molecule has 0 heterocycles. The average Bonchev–Trinajstić information content (AvgIpc) is 1.87. The molecule has 2 atom stereocenters. The summed E-state index contributed by atoms with van der Waals surface area (Å²) >= 11 is 0. The minimum atomic E-state index is -2.10. The van der Waals surface area contributed by atoms with E-state index in [1.165, 1.54) is 0 Å². The molecule has 0 aliphatic rings. The molecule has 0 amide bonds. The SMILES string of the molecule is CCC[P+](=O)[O-].CCC[P+](=O)[O-].[Zn+2]. The zero-order valence-corrected chi connectivity index (χ0v) is 12.8. The normalized spacial score (nSPS) is 10.5. The van der Waals surface area contributed by atoms with Crippen LogP contribution < -0.4 is 9.79 Å². The molecule has 4 nitrogen and oxygen atoms in total. The Hall–Kier alpha value is 0.743. The standard InChI is InChI=1S/2C3H7O2P.Zn/c2*1-2-3-6(4)5;/h2*2-3H2,1H3;/q;;+2. The van der Waals surface area contributed by atoms with Crippen LogP contribution in [0, 0.1) is 0 Å². The predicted molar refractivity (Wildman–Crippen MR) is 45.5 cm³/mol. The molecule has 13 heavy (non-hydrogen) atoms. The zero-order valence-electron chi connectivity index (χ0n) is 8.06. The summed E-state index contributed by atoms with van der Waals surface area (Å²) in [6, 6.07) is 0. The van der Waals surface area contributed by atoms with Crippen LogP contribution >= 0.6 is 16.1 Å². The van der Waals surface area contributed by atoms with E-state index in [9.17, 15) is 18.9 Å². The maximum Gasteiger partial charge on any atom is 2.00 e. The van der Waals surface area contributed by atoms with Gasteiger partial charge in [-0.15, -0.1) is 0 Å². The van der Waals surface area contributed by atoms with Crippen LogP contribution in [0.1, 0.15) is 26.7 Å². The molecule has 0 aromatic rings. The van der Waals surface area contributed by atoms with Crippen molar-refractivity contribution in [2.24, 2.45) is 0 Å². The van der Waals surface area contributed by atoms with Crippen molar-refractivity contribution in [3.8, 4) is 0 Å². The van der Waals surface area contributed by atoms with Crippen LogP contribution in [0.5, 0.6) is 0 Å². The fourth-order valence-electron chi connectivity index (χ4n) is 0.365. The Balaban J connectivity index is -0.000000143. The Labute approximate surface area is 93.6 Å². The topological polar surface area (TPSA) is 80.3 Å².